The molecule has 2 aromatic rings. The minimum absolute atomic E-state index is 0.624. The number of pyridine rings is 1. The Labute approximate surface area is 139 Å². The number of benzene rings is 1. The summed E-state index contributed by atoms with van der Waals surface area (Å²) >= 11 is 3.37. The Morgan fingerprint density at radius 1 is 1.14 bits per heavy atom. The number of rotatable bonds is 2. The van der Waals surface area contributed by atoms with Crippen LogP contribution in [-0.4, -0.2) is 31.2 Å². The molecule has 1 aliphatic heterocycles. The summed E-state index contributed by atoms with van der Waals surface area (Å²) in [6.45, 7) is 5.77. The highest BCUT2D eigenvalue weighted by atomic mass is 79.9. The largest absolute Gasteiger partial charge is 0.368 e. The van der Waals surface area contributed by atoms with Gasteiger partial charge in [0.1, 0.15) is 11.9 Å². The van der Waals surface area contributed by atoms with Crippen LogP contribution in [0.5, 0.6) is 0 Å². The van der Waals surface area contributed by atoms with E-state index in [1.165, 1.54) is 11.3 Å². The number of hydrogen-bond donors (Lipinski definition) is 0. The lowest BCUT2D eigenvalue weighted by Gasteiger charge is -2.37. The Kier molecular flexibility index (Phi) is 4.30. The average Bonchev–Trinajstić information content (AvgIpc) is 2.55. The van der Waals surface area contributed by atoms with Gasteiger partial charge in [-0.25, -0.2) is 4.98 Å². The van der Waals surface area contributed by atoms with Gasteiger partial charge in [-0.3, -0.25) is 0 Å². The van der Waals surface area contributed by atoms with Gasteiger partial charge in [-0.05, 0) is 40.5 Å². The standard InChI is InChI=1S/C17H17BrN4/c1-13-4-2-3-5-16(13)21-6-8-22(9-7-21)17-14(11-19)10-15(18)12-20-17/h2-5,10,12H,6-9H2,1H3. The molecule has 1 fully saturated rings. The molecule has 2 heterocycles. The van der Waals surface area contributed by atoms with Gasteiger partial charge in [-0.1, -0.05) is 18.2 Å². The monoisotopic (exact) mass is 356 g/mol. The molecule has 5 heteroatoms. The molecule has 0 aliphatic carbocycles. The highest BCUT2D eigenvalue weighted by Gasteiger charge is 2.21. The molecule has 4 nitrogen and oxygen atoms in total. The Hall–Kier alpha value is -2.06. The quantitative estimate of drug-likeness (QED) is 0.827. The third-order valence-corrected chi connectivity index (χ3v) is 4.42. The van der Waals surface area contributed by atoms with Crippen LogP contribution in [-0.2, 0) is 0 Å². The molecular weight excluding hydrogens is 340 g/mol. The maximum atomic E-state index is 9.29. The molecule has 0 radical (unpaired) electrons. The first-order valence-electron chi connectivity index (χ1n) is 7.30. The van der Waals surface area contributed by atoms with E-state index in [-0.39, 0.29) is 0 Å². The fourth-order valence-corrected chi connectivity index (χ4v) is 3.18. The first kappa shape index (κ1) is 14.9. The maximum absolute atomic E-state index is 9.29. The van der Waals surface area contributed by atoms with Crippen LogP contribution in [0.15, 0.2) is 41.0 Å². The number of halogens is 1. The van der Waals surface area contributed by atoms with E-state index in [0.717, 1.165) is 36.5 Å². The molecule has 1 saturated heterocycles. The molecule has 1 aliphatic rings. The third kappa shape index (κ3) is 2.93. The number of hydrogen-bond acceptors (Lipinski definition) is 4. The summed E-state index contributed by atoms with van der Waals surface area (Å²) < 4.78 is 0.839. The minimum atomic E-state index is 0.624. The predicted molar refractivity (Wildman–Crippen MR) is 92.3 cm³/mol. The molecule has 1 aromatic carbocycles. The van der Waals surface area contributed by atoms with Crippen molar-refractivity contribution in [3.63, 3.8) is 0 Å². The lowest BCUT2D eigenvalue weighted by atomic mass is 10.1. The predicted octanol–water partition coefficient (Wildman–Crippen LogP) is 3.35. The minimum Gasteiger partial charge on any atom is -0.368 e. The second-order valence-corrected chi connectivity index (χ2v) is 6.31. The number of anilines is 2. The zero-order chi connectivity index (χ0) is 15.5. The second kappa shape index (κ2) is 6.37. The van der Waals surface area contributed by atoms with Gasteiger partial charge in [0.2, 0.25) is 0 Å². The molecule has 22 heavy (non-hydrogen) atoms. The molecule has 3 rings (SSSR count). The van der Waals surface area contributed by atoms with Crippen molar-refractivity contribution < 1.29 is 0 Å². The molecule has 112 valence electrons. The summed E-state index contributed by atoms with van der Waals surface area (Å²) in [6, 6.07) is 12.5. The van der Waals surface area contributed by atoms with E-state index in [2.05, 4.69) is 68.0 Å². The van der Waals surface area contributed by atoms with E-state index < -0.39 is 0 Å². The van der Waals surface area contributed by atoms with Crippen LogP contribution in [0, 0.1) is 18.3 Å². The lowest BCUT2D eigenvalue weighted by molar-refractivity contribution is 0.645. The van der Waals surface area contributed by atoms with Crippen LogP contribution in [0.25, 0.3) is 0 Å². The number of para-hydroxylation sites is 1. The Morgan fingerprint density at radius 2 is 1.82 bits per heavy atom. The zero-order valence-electron chi connectivity index (χ0n) is 12.5. The van der Waals surface area contributed by atoms with Gasteiger partial charge in [0.05, 0.1) is 5.56 Å². The summed E-state index contributed by atoms with van der Waals surface area (Å²) in [5.41, 5.74) is 3.22. The molecule has 0 atom stereocenters. The lowest BCUT2D eigenvalue weighted by Crippen LogP contribution is -2.47. The Morgan fingerprint density at radius 3 is 2.50 bits per heavy atom. The van der Waals surface area contributed by atoms with Crippen molar-refractivity contribution in [2.75, 3.05) is 36.0 Å². The first-order valence-corrected chi connectivity index (χ1v) is 8.09. The van der Waals surface area contributed by atoms with E-state index in [0.29, 0.717) is 5.56 Å². The molecule has 0 unspecified atom stereocenters. The van der Waals surface area contributed by atoms with E-state index in [9.17, 15) is 5.26 Å². The van der Waals surface area contributed by atoms with Crippen LogP contribution in [0.4, 0.5) is 11.5 Å². The van der Waals surface area contributed by atoms with E-state index >= 15 is 0 Å². The summed E-state index contributed by atoms with van der Waals surface area (Å²) in [6.07, 6.45) is 1.75. The highest BCUT2D eigenvalue weighted by Crippen LogP contribution is 2.25. The first-order chi connectivity index (χ1) is 10.7. The van der Waals surface area contributed by atoms with Gasteiger partial charge in [0.25, 0.3) is 0 Å². The van der Waals surface area contributed by atoms with E-state index in [1.807, 2.05) is 6.07 Å². The fraction of sp³-hybridized carbons (Fsp3) is 0.294. The molecule has 1 aromatic heterocycles. The normalized spacial score (nSPS) is 14.8. The number of nitrogens with zero attached hydrogens (tertiary/aromatic N) is 4. The number of aryl methyl sites for hydroxylation is 1. The Balaban J connectivity index is 1.75. The summed E-state index contributed by atoms with van der Waals surface area (Å²) in [4.78, 5) is 9.02. The van der Waals surface area contributed by atoms with E-state index in [4.69, 9.17) is 0 Å². The van der Waals surface area contributed by atoms with Crippen LogP contribution in [0.1, 0.15) is 11.1 Å². The van der Waals surface area contributed by atoms with E-state index in [1.54, 1.807) is 6.20 Å². The van der Waals surface area contributed by atoms with Crippen molar-refractivity contribution in [1.82, 2.24) is 4.98 Å². The topological polar surface area (TPSA) is 43.2 Å². The van der Waals surface area contributed by atoms with Crippen molar-refractivity contribution in [2.45, 2.75) is 6.92 Å². The molecule has 0 saturated carbocycles. The third-order valence-electron chi connectivity index (χ3n) is 3.99. The van der Waals surface area contributed by atoms with Crippen LogP contribution in [0.2, 0.25) is 0 Å². The van der Waals surface area contributed by atoms with Gasteiger partial charge in [0.15, 0.2) is 0 Å². The average molecular weight is 357 g/mol. The van der Waals surface area contributed by atoms with Crippen molar-refractivity contribution in [3.8, 4) is 6.07 Å². The zero-order valence-corrected chi connectivity index (χ0v) is 14.0. The van der Waals surface area contributed by atoms with Gasteiger partial charge in [-0.2, -0.15) is 5.26 Å². The van der Waals surface area contributed by atoms with Crippen molar-refractivity contribution in [2.24, 2.45) is 0 Å². The molecule has 0 spiro atoms. The van der Waals surface area contributed by atoms with Crippen LogP contribution < -0.4 is 9.80 Å². The van der Waals surface area contributed by atoms with Gasteiger partial charge in [0, 0.05) is 42.5 Å². The summed E-state index contributed by atoms with van der Waals surface area (Å²) in [5.74, 6) is 0.787. The fourth-order valence-electron chi connectivity index (χ4n) is 2.84. The molecular formula is C17H17BrN4. The van der Waals surface area contributed by atoms with Crippen LogP contribution >= 0.6 is 15.9 Å². The number of piperazine rings is 1. The molecule has 0 N–H and O–H groups in total. The second-order valence-electron chi connectivity index (χ2n) is 5.40. The smallest absolute Gasteiger partial charge is 0.146 e. The van der Waals surface area contributed by atoms with Crippen LogP contribution in [0.3, 0.4) is 0 Å². The van der Waals surface area contributed by atoms with Crippen molar-refractivity contribution in [3.05, 3.63) is 52.1 Å². The van der Waals surface area contributed by atoms with Crippen molar-refractivity contribution >= 4 is 27.4 Å². The van der Waals surface area contributed by atoms with Crippen molar-refractivity contribution in [1.29, 1.82) is 5.26 Å². The summed E-state index contributed by atoms with van der Waals surface area (Å²) in [5, 5.41) is 9.29. The van der Waals surface area contributed by atoms with Gasteiger partial charge >= 0.3 is 0 Å². The maximum Gasteiger partial charge on any atom is 0.146 e. The highest BCUT2D eigenvalue weighted by molar-refractivity contribution is 9.10. The Bertz CT molecular complexity index is 715. The SMILES string of the molecule is Cc1ccccc1N1CCN(c2ncc(Br)cc2C#N)CC1. The number of nitriles is 1. The summed E-state index contributed by atoms with van der Waals surface area (Å²) in [7, 11) is 0. The number of aromatic nitrogens is 1. The van der Waals surface area contributed by atoms with Gasteiger partial charge in [-0.15, -0.1) is 0 Å². The molecule has 0 amide bonds. The van der Waals surface area contributed by atoms with Gasteiger partial charge < -0.3 is 9.80 Å². The molecule has 0 bridgehead atoms.